The summed E-state index contributed by atoms with van der Waals surface area (Å²) in [5.41, 5.74) is 9.18. The van der Waals surface area contributed by atoms with Gasteiger partial charge in [0, 0.05) is 18.7 Å². The van der Waals surface area contributed by atoms with Crippen molar-refractivity contribution in [2.75, 3.05) is 16.9 Å². The van der Waals surface area contributed by atoms with E-state index in [0.717, 1.165) is 25.1 Å². The second-order valence-corrected chi connectivity index (χ2v) is 4.65. The van der Waals surface area contributed by atoms with Crippen molar-refractivity contribution in [1.82, 2.24) is 0 Å². The lowest BCUT2D eigenvalue weighted by atomic mass is 10.1. The van der Waals surface area contributed by atoms with Gasteiger partial charge in [-0.3, -0.25) is 15.6 Å². The molecule has 1 fully saturated rings. The molecule has 4 N–H and O–H groups in total. The Morgan fingerprint density at radius 1 is 1.38 bits per heavy atom. The van der Waals surface area contributed by atoms with Crippen molar-refractivity contribution in [3.05, 3.63) is 24.3 Å². The topological polar surface area (TPSA) is 118 Å². The molecule has 1 aliphatic heterocycles. The summed E-state index contributed by atoms with van der Waals surface area (Å²) in [5.74, 6) is -0.246. The maximum Gasteiger partial charge on any atom is 0.226 e. The first-order valence-corrected chi connectivity index (χ1v) is 6.60. The molecule has 7 heteroatoms. The number of benzene rings is 1. The van der Waals surface area contributed by atoms with E-state index in [9.17, 15) is 4.79 Å². The number of nitrogens with one attached hydrogen (secondary N) is 2. The number of nitriles is 1. The molecule has 1 saturated heterocycles. The number of hydrogen-bond acceptors (Lipinski definition) is 5. The number of amidine groups is 1. The van der Waals surface area contributed by atoms with Crippen molar-refractivity contribution in [3.63, 3.8) is 0 Å². The minimum Gasteiger partial charge on any atom is -0.382 e. The molecule has 2 rings (SSSR count). The van der Waals surface area contributed by atoms with Crippen molar-refractivity contribution in [2.24, 2.45) is 10.8 Å². The number of piperidine rings is 1. The number of nitrogens with zero attached hydrogens (tertiary/aromatic N) is 3. The van der Waals surface area contributed by atoms with Crippen LogP contribution in [0.5, 0.6) is 0 Å². The zero-order valence-corrected chi connectivity index (χ0v) is 11.5. The van der Waals surface area contributed by atoms with Gasteiger partial charge in [-0.2, -0.15) is 10.4 Å². The normalized spacial score (nSPS) is 15.5. The van der Waals surface area contributed by atoms with E-state index in [0.29, 0.717) is 12.1 Å². The summed E-state index contributed by atoms with van der Waals surface area (Å²) in [4.78, 5) is 13.6. The molecule has 0 aliphatic carbocycles. The highest BCUT2D eigenvalue weighted by Crippen LogP contribution is 2.22. The average Bonchev–Trinajstić information content (AvgIpc) is 2.49. The second-order valence-electron chi connectivity index (χ2n) is 4.65. The van der Waals surface area contributed by atoms with Crippen LogP contribution >= 0.6 is 0 Å². The molecule has 0 atom stereocenters. The maximum atomic E-state index is 11.8. The first-order valence-electron chi connectivity index (χ1n) is 6.60. The van der Waals surface area contributed by atoms with Crippen LogP contribution in [-0.2, 0) is 4.79 Å². The Kier molecular flexibility index (Phi) is 4.51. The summed E-state index contributed by atoms with van der Waals surface area (Å²) >= 11 is 0. The number of carbonyl (C=O) groups excluding carboxylic acids is 1. The van der Waals surface area contributed by atoms with Gasteiger partial charge in [-0.25, -0.2) is 0 Å². The van der Waals surface area contributed by atoms with E-state index in [-0.39, 0.29) is 17.5 Å². The average molecular weight is 284 g/mol. The van der Waals surface area contributed by atoms with E-state index < -0.39 is 0 Å². The fourth-order valence-electron chi connectivity index (χ4n) is 2.06. The van der Waals surface area contributed by atoms with Crippen LogP contribution in [0.4, 0.5) is 11.4 Å². The van der Waals surface area contributed by atoms with Gasteiger partial charge in [0.25, 0.3) is 0 Å². The Morgan fingerprint density at radius 3 is 2.67 bits per heavy atom. The maximum absolute atomic E-state index is 11.8. The molecule has 0 bridgehead atoms. The molecule has 0 spiro atoms. The molecule has 1 aromatic rings. The van der Waals surface area contributed by atoms with Crippen LogP contribution in [0.2, 0.25) is 0 Å². The molecule has 21 heavy (non-hydrogen) atoms. The van der Waals surface area contributed by atoms with Crippen LogP contribution in [0.15, 0.2) is 29.4 Å². The van der Waals surface area contributed by atoms with E-state index in [4.69, 9.17) is 16.4 Å². The van der Waals surface area contributed by atoms with E-state index in [1.165, 1.54) is 0 Å². The Labute approximate surface area is 122 Å². The van der Waals surface area contributed by atoms with E-state index in [2.05, 4.69) is 10.5 Å². The van der Waals surface area contributed by atoms with Crippen molar-refractivity contribution in [1.29, 1.82) is 10.7 Å². The quantitative estimate of drug-likeness (QED) is 0.440. The van der Waals surface area contributed by atoms with Gasteiger partial charge < -0.3 is 10.6 Å². The lowest BCUT2D eigenvalue weighted by Crippen LogP contribution is -2.35. The third kappa shape index (κ3) is 3.57. The van der Waals surface area contributed by atoms with Crippen molar-refractivity contribution < 1.29 is 4.79 Å². The largest absolute Gasteiger partial charge is 0.382 e. The van der Waals surface area contributed by atoms with Crippen LogP contribution in [0.1, 0.15) is 19.3 Å². The number of nitrogens with two attached hydrogens (primary N) is 1. The molecule has 0 saturated carbocycles. The van der Waals surface area contributed by atoms with Crippen molar-refractivity contribution >= 4 is 28.8 Å². The van der Waals surface area contributed by atoms with Crippen LogP contribution in [0.25, 0.3) is 0 Å². The third-order valence-electron chi connectivity index (χ3n) is 3.16. The predicted molar refractivity (Wildman–Crippen MR) is 81.2 cm³/mol. The molecule has 1 heterocycles. The molecule has 7 nitrogen and oxygen atoms in total. The van der Waals surface area contributed by atoms with Crippen LogP contribution in [-0.4, -0.2) is 24.0 Å². The molecule has 1 aromatic carbocycles. The first-order chi connectivity index (χ1) is 10.1. The number of amides is 1. The Morgan fingerprint density at radius 2 is 2.10 bits per heavy atom. The smallest absolute Gasteiger partial charge is 0.226 e. The molecule has 1 aliphatic rings. The zero-order valence-electron chi connectivity index (χ0n) is 11.5. The van der Waals surface area contributed by atoms with E-state index in [1.54, 1.807) is 23.1 Å². The molecule has 0 unspecified atom stereocenters. The number of rotatable bonds is 4. The third-order valence-corrected chi connectivity index (χ3v) is 3.16. The second kappa shape index (κ2) is 6.52. The number of hydrazone groups is 1. The molecule has 108 valence electrons. The lowest BCUT2D eigenvalue weighted by molar-refractivity contribution is -0.119. The van der Waals surface area contributed by atoms with E-state index >= 15 is 0 Å². The molecule has 0 radical (unpaired) electrons. The number of hydrogen-bond donors (Lipinski definition) is 3. The molecular weight excluding hydrogens is 268 g/mol. The monoisotopic (exact) mass is 284 g/mol. The first kappa shape index (κ1) is 14.5. The molecule has 1 amide bonds. The number of carbonyl (C=O) groups is 1. The minimum atomic E-state index is -0.388. The molecular formula is C14H16N6O. The highest BCUT2D eigenvalue weighted by atomic mass is 16.2. The summed E-state index contributed by atoms with van der Waals surface area (Å²) in [6, 6.07) is 8.89. The highest BCUT2D eigenvalue weighted by molar-refractivity contribution is 6.45. The fraction of sp³-hybridized carbons (Fsp3) is 0.286. The summed E-state index contributed by atoms with van der Waals surface area (Å²) in [6.07, 6.45) is 2.56. The van der Waals surface area contributed by atoms with Crippen LogP contribution < -0.4 is 16.1 Å². The Hall–Kier alpha value is -2.88. The van der Waals surface area contributed by atoms with Gasteiger partial charge in [-0.05, 0) is 37.1 Å². The standard InChI is InChI=1S/C14H16N6O/c15-9-12(14(16)17)19-18-10-4-6-11(7-5-10)20-8-2-1-3-13(20)21/h4-7,18H,1-3,8H2,(H3,16,17)/b19-12+. The van der Waals surface area contributed by atoms with Crippen molar-refractivity contribution in [2.45, 2.75) is 19.3 Å². The number of anilines is 2. The lowest BCUT2D eigenvalue weighted by Gasteiger charge is -2.26. The van der Waals surface area contributed by atoms with Crippen LogP contribution in [0.3, 0.4) is 0 Å². The van der Waals surface area contributed by atoms with Crippen molar-refractivity contribution in [3.8, 4) is 6.07 Å². The summed E-state index contributed by atoms with van der Waals surface area (Å²) < 4.78 is 0. The Bertz CT molecular complexity index is 613. The summed E-state index contributed by atoms with van der Waals surface area (Å²) in [5, 5.41) is 19.6. The van der Waals surface area contributed by atoms with Gasteiger partial charge in [0.2, 0.25) is 11.6 Å². The Balaban J connectivity index is 2.07. The van der Waals surface area contributed by atoms with Gasteiger partial charge in [0.1, 0.15) is 6.07 Å². The van der Waals surface area contributed by atoms with E-state index in [1.807, 2.05) is 12.1 Å². The van der Waals surface area contributed by atoms with Gasteiger partial charge in [0.15, 0.2) is 5.84 Å². The molecule has 0 aromatic heterocycles. The minimum absolute atomic E-state index is 0.142. The highest BCUT2D eigenvalue weighted by Gasteiger charge is 2.19. The van der Waals surface area contributed by atoms with Gasteiger partial charge >= 0.3 is 0 Å². The van der Waals surface area contributed by atoms with Gasteiger partial charge in [-0.1, -0.05) is 0 Å². The van der Waals surface area contributed by atoms with Gasteiger partial charge in [-0.15, -0.1) is 0 Å². The summed E-state index contributed by atoms with van der Waals surface area (Å²) in [6.45, 7) is 0.743. The van der Waals surface area contributed by atoms with Gasteiger partial charge in [0.05, 0.1) is 5.69 Å². The zero-order chi connectivity index (χ0) is 15.2. The van der Waals surface area contributed by atoms with Crippen LogP contribution in [0, 0.1) is 16.7 Å². The summed E-state index contributed by atoms with van der Waals surface area (Å²) in [7, 11) is 0. The fourth-order valence-corrected chi connectivity index (χ4v) is 2.06. The SMILES string of the molecule is N#C/C(=N\Nc1ccc(N2CCCCC2=O)cc1)C(=N)N. The predicted octanol–water partition coefficient (Wildman–Crippen LogP) is 1.43.